The summed E-state index contributed by atoms with van der Waals surface area (Å²) in [6.07, 6.45) is 0. The van der Waals surface area contributed by atoms with Crippen molar-refractivity contribution in [2.45, 2.75) is 13.5 Å². The second-order valence-electron chi connectivity index (χ2n) is 4.95. The third kappa shape index (κ3) is 2.80. The Morgan fingerprint density at radius 1 is 1.14 bits per heavy atom. The van der Waals surface area contributed by atoms with Gasteiger partial charge in [-0.2, -0.15) is 0 Å². The number of methoxy groups -OCH3 is 1. The van der Waals surface area contributed by atoms with Crippen LogP contribution in [-0.4, -0.2) is 13.7 Å². The van der Waals surface area contributed by atoms with Gasteiger partial charge < -0.3 is 10.1 Å². The number of ether oxygens (including phenoxy) is 1. The average molecular weight is 297 g/mol. The lowest BCUT2D eigenvalue weighted by molar-refractivity contribution is 0.408. The lowest BCUT2D eigenvalue weighted by Gasteiger charge is -2.12. The summed E-state index contributed by atoms with van der Waals surface area (Å²) in [7, 11) is 1.73. The molecule has 0 spiro atoms. The SMILES string of the molecule is CCNCc1cc(-c2cccc3ccsc23)ccc1OC. The molecule has 0 aliphatic rings. The molecular formula is C18H19NOS. The van der Waals surface area contributed by atoms with E-state index in [2.05, 4.69) is 60.1 Å². The monoisotopic (exact) mass is 297 g/mol. The Bertz CT molecular complexity index is 748. The predicted molar refractivity (Wildman–Crippen MR) is 91.2 cm³/mol. The Morgan fingerprint density at radius 3 is 2.86 bits per heavy atom. The van der Waals surface area contributed by atoms with Crippen LogP contribution in [0.2, 0.25) is 0 Å². The molecule has 0 saturated heterocycles. The first-order valence-electron chi connectivity index (χ1n) is 7.17. The molecule has 2 nitrogen and oxygen atoms in total. The Kier molecular flexibility index (Phi) is 4.23. The molecule has 0 fully saturated rings. The van der Waals surface area contributed by atoms with E-state index < -0.39 is 0 Å². The van der Waals surface area contributed by atoms with Crippen molar-refractivity contribution in [3.63, 3.8) is 0 Å². The second kappa shape index (κ2) is 6.29. The molecule has 0 saturated carbocycles. The Morgan fingerprint density at radius 2 is 2.05 bits per heavy atom. The summed E-state index contributed by atoms with van der Waals surface area (Å²) < 4.78 is 6.81. The summed E-state index contributed by atoms with van der Waals surface area (Å²) in [6, 6.07) is 15.1. The van der Waals surface area contributed by atoms with Gasteiger partial charge in [-0.25, -0.2) is 0 Å². The summed E-state index contributed by atoms with van der Waals surface area (Å²) in [5.41, 5.74) is 3.74. The molecule has 0 bridgehead atoms. The van der Waals surface area contributed by atoms with Crippen molar-refractivity contribution in [1.29, 1.82) is 0 Å². The fraction of sp³-hybridized carbons (Fsp3) is 0.222. The number of nitrogens with one attached hydrogen (secondary N) is 1. The first kappa shape index (κ1) is 14.1. The molecule has 1 N–H and O–H groups in total. The van der Waals surface area contributed by atoms with Gasteiger partial charge in [-0.3, -0.25) is 0 Å². The molecule has 0 unspecified atom stereocenters. The molecule has 3 heteroatoms. The van der Waals surface area contributed by atoms with Crippen LogP contribution in [0.25, 0.3) is 21.2 Å². The molecule has 0 atom stereocenters. The normalized spacial score (nSPS) is 11.0. The van der Waals surface area contributed by atoms with E-state index in [0.717, 1.165) is 18.8 Å². The van der Waals surface area contributed by atoms with E-state index in [1.165, 1.54) is 26.8 Å². The third-order valence-corrected chi connectivity index (χ3v) is 4.60. The van der Waals surface area contributed by atoms with Crippen LogP contribution < -0.4 is 10.1 Å². The van der Waals surface area contributed by atoms with E-state index in [4.69, 9.17) is 4.74 Å². The van der Waals surface area contributed by atoms with Crippen molar-refractivity contribution in [2.75, 3.05) is 13.7 Å². The van der Waals surface area contributed by atoms with Gasteiger partial charge in [0.25, 0.3) is 0 Å². The van der Waals surface area contributed by atoms with Crippen molar-refractivity contribution >= 4 is 21.4 Å². The van der Waals surface area contributed by atoms with Crippen molar-refractivity contribution in [3.8, 4) is 16.9 Å². The molecule has 2 aromatic carbocycles. The van der Waals surface area contributed by atoms with Crippen LogP contribution in [0.15, 0.2) is 47.8 Å². The highest BCUT2D eigenvalue weighted by Gasteiger charge is 2.09. The highest BCUT2D eigenvalue weighted by atomic mass is 32.1. The van der Waals surface area contributed by atoms with Gasteiger partial charge in [0.1, 0.15) is 5.75 Å². The number of hydrogen-bond acceptors (Lipinski definition) is 3. The number of thiophene rings is 1. The largest absolute Gasteiger partial charge is 0.496 e. The Labute approximate surface area is 129 Å². The van der Waals surface area contributed by atoms with Crippen molar-refractivity contribution in [1.82, 2.24) is 5.32 Å². The minimum absolute atomic E-state index is 0.827. The maximum atomic E-state index is 5.47. The topological polar surface area (TPSA) is 21.3 Å². The van der Waals surface area contributed by atoms with Gasteiger partial charge in [0.2, 0.25) is 0 Å². The number of fused-ring (bicyclic) bond motifs is 1. The molecule has 1 heterocycles. The number of benzene rings is 2. The maximum absolute atomic E-state index is 5.47. The zero-order valence-electron chi connectivity index (χ0n) is 12.3. The van der Waals surface area contributed by atoms with E-state index >= 15 is 0 Å². The first-order valence-corrected chi connectivity index (χ1v) is 8.05. The predicted octanol–water partition coefficient (Wildman–Crippen LogP) is 4.69. The van der Waals surface area contributed by atoms with E-state index in [0.29, 0.717) is 0 Å². The zero-order valence-corrected chi connectivity index (χ0v) is 13.2. The second-order valence-corrected chi connectivity index (χ2v) is 5.87. The van der Waals surface area contributed by atoms with E-state index in [1.54, 1.807) is 18.4 Å². The standard InChI is InChI=1S/C18H19NOS/c1-3-19-12-15-11-14(7-8-17(15)20-2)16-6-4-5-13-9-10-21-18(13)16/h4-11,19H,3,12H2,1-2H3. The highest BCUT2D eigenvalue weighted by Crippen LogP contribution is 2.34. The van der Waals surface area contributed by atoms with Crippen molar-refractivity contribution in [2.24, 2.45) is 0 Å². The maximum Gasteiger partial charge on any atom is 0.123 e. The summed E-state index contributed by atoms with van der Waals surface area (Å²) >= 11 is 1.80. The summed E-state index contributed by atoms with van der Waals surface area (Å²) in [4.78, 5) is 0. The van der Waals surface area contributed by atoms with Gasteiger partial charge in [0.05, 0.1) is 7.11 Å². The third-order valence-electron chi connectivity index (χ3n) is 3.64. The number of rotatable bonds is 5. The Hall–Kier alpha value is -1.84. The zero-order chi connectivity index (χ0) is 14.7. The molecular weight excluding hydrogens is 278 g/mol. The van der Waals surface area contributed by atoms with Crippen LogP contribution in [0.4, 0.5) is 0 Å². The molecule has 21 heavy (non-hydrogen) atoms. The summed E-state index contributed by atoms with van der Waals surface area (Å²) in [5.74, 6) is 0.943. The quantitative estimate of drug-likeness (QED) is 0.738. The smallest absolute Gasteiger partial charge is 0.123 e. The Balaban J connectivity index is 2.08. The van der Waals surface area contributed by atoms with Crippen LogP contribution in [-0.2, 0) is 6.54 Å². The van der Waals surface area contributed by atoms with Gasteiger partial charge in [-0.05, 0) is 46.6 Å². The minimum atomic E-state index is 0.827. The van der Waals surface area contributed by atoms with Gasteiger partial charge in [-0.1, -0.05) is 31.2 Å². The number of hydrogen-bond donors (Lipinski definition) is 1. The fourth-order valence-electron chi connectivity index (χ4n) is 2.56. The fourth-order valence-corrected chi connectivity index (χ4v) is 3.50. The van der Waals surface area contributed by atoms with E-state index in [9.17, 15) is 0 Å². The van der Waals surface area contributed by atoms with Crippen LogP contribution in [0.3, 0.4) is 0 Å². The van der Waals surface area contributed by atoms with Gasteiger partial charge in [0, 0.05) is 16.8 Å². The molecule has 0 amide bonds. The molecule has 0 aliphatic heterocycles. The lowest BCUT2D eigenvalue weighted by atomic mass is 10.0. The van der Waals surface area contributed by atoms with Crippen LogP contribution in [0.1, 0.15) is 12.5 Å². The lowest BCUT2D eigenvalue weighted by Crippen LogP contribution is -2.12. The van der Waals surface area contributed by atoms with E-state index in [1.807, 2.05) is 0 Å². The van der Waals surface area contributed by atoms with Crippen LogP contribution in [0.5, 0.6) is 5.75 Å². The van der Waals surface area contributed by atoms with Gasteiger partial charge >= 0.3 is 0 Å². The highest BCUT2D eigenvalue weighted by molar-refractivity contribution is 7.17. The molecule has 108 valence electrons. The molecule has 3 aromatic rings. The van der Waals surface area contributed by atoms with Crippen LogP contribution in [0, 0.1) is 0 Å². The first-order chi connectivity index (χ1) is 10.3. The molecule has 1 aromatic heterocycles. The van der Waals surface area contributed by atoms with Crippen LogP contribution >= 0.6 is 11.3 Å². The summed E-state index contributed by atoms with van der Waals surface area (Å²) in [5, 5.41) is 6.83. The van der Waals surface area contributed by atoms with Gasteiger partial charge in [-0.15, -0.1) is 11.3 Å². The van der Waals surface area contributed by atoms with E-state index in [-0.39, 0.29) is 0 Å². The average Bonchev–Trinajstić information content (AvgIpc) is 3.01. The van der Waals surface area contributed by atoms with Crippen molar-refractivity contribution < 1.29 is 4.74 Å². The molecule has 0 aliphatic carbocycles. The summed E-state index contributed by atoms with van der Waals surface area (Å²) in [6.45, 7) is 3.89. The van der Waals surface area contributed by atoms with Gasteiger partial charge in [0.15, 0.2) is 0 Å². The molecule has 0 radical (unpaired) electrons. The minimum Gasteiger partial charge on any atom is -0.496 e. The van der Waals surface area contributed by atoms with Crippen molar-refractivity contribution in [3.05, 3.63) is 53.4 Å². The molecule has 3 rings (SSSR count).